The highest BCUT2D eigenvalue weighted by Gasteiger charge is 2.14. The van der Waals surface area contributed by atoms with Crippen molar-refractivity contribution >= 4 is 34.1 Å². The second-order valence-electron chi connectivity index (χ2n) is 7.10. The van der Waals surface area contributed by atoms with E-state index in [1.54, 1.807) is 0 Å². The second-order valence-corrected chi connectivity index (χ2v) is 7.92. The van der Waals surface area contributed by atoms with Crippen molar-refractivity contribution in [2.75, 3.05) is 0 Å². The van der Waals surface area contributed by atoms with Gasteiger partial charge >= 0.3 is 0 Å². The number of aromatic nitrogens is 1. The van der Waals surface area contributed by atoms with Gasteiger partial charge < -0.3 is 9.88 Å². The zero-order chi connectivity index (χ0) is 17.3. The lowest BCUT2D eigenvalue weighted by atomic mass is 10.1. The lowest BCUT2D eigenvalue weighted by Gasteiger charge is -2.20. The van der Waals surface area contributed by atoms with Gasteiger partial charge in [-0.15, -0.1) is 0 Å². The molecule has 0 aliphatic rings. The highest BCUT2D eigenvalue weighted by atomic mass is 35.5. The molecule has 1 aromatic heterocycles. The standard InChI is InChI=1S/C20H22Cl2N2/c1-20(2,3)23-11-14-12-24(19-10-5-4-7-15(14)19)13-16-17(21)8-6-9-18(16)22/h4-10,12,23H,11,13H2,1-3H3. The summed E-state index contributed by atoms with van der Waals surface area (Å²) in [5, 5.41) is 6.23. The fraction of sp³-hybridized carbons (Fsp3) is 0.300. The van der Waals surface area contributed by atoms with Crippen LogP contribution in [0.25, 0.3) is 10.9 Å². The lowest BCUT2D eigenvalue weighted by Crippen LogP contribution is -2.34. The summed E-state index contributed by atoms with van der Waals surface area (Å²) < 4.78 is 2.22. The normalized spacial score (nSPS) is 12.0. The van der Waals surface area contributed by atoms with Crippen LogP contribution in [0.5, 0.6) is 0 Å². The highest BCUT2D eigenvalue weighted by molar-refractivity contribution is 6.36. The van der Waals surface area contributed by atoms with E-state index >= 15 is 0 Å². The van der Waals surface area contributed by atoms with Gasteiger partial charge in [0.25, 0.3) is 0 Å². The topological polar surface area (TPSA) is 17.0 Å². The highest BCUT2D eigenvalue weighted by Crippen LogP contribution is 2.28. The van der Waals surface area contributed by atoms with Crippen LogP contribution in [0.15, 0.2) is 48.7 Å². The molecular formula is C20H22Cl2N2. The Labute approximate surface area is 153 Å². The van der Waals surface area contributed by atoms with Crippen LogP contribution in [-0.4, -0.2) is 10.1 Å². The molecule has 0 atom stereocenters. The van der Waals surface area contributed by atoms with E-state index in [-0.39, 0.29) is 5.54 Å². The Balaban J connectivity index is 1.99. The van der Waals surface area contributed by atoms with Gasteiger partial charge in [-0.3, -0.25) is 0 Å². The number of hydrogen-bond donors (Lipinski definition) is 1. The SMILES string of the molecule is CC(C)(C)NCc1cn(Cc2c(Cl)cccc2Cl)c2ccccc12. The van der Waals surface area contributed by atoms with Crippen LogP contribution < -0.4 is 5.32 Å². The number of fused-ring (bicyclic) bond motifs is 1. The molecule has 0 radical (unpaired) electrons. The number of rotatable bonds is 4. The smallest absolute Gasteiger partial charge is 0.0505 e. The van der Waals surface area contributed by atoms with E-state index in [0.29, 0.717) is 16.6 Å². The van der Waals surface area contributed by atoms with Gasteiger partial charge in [-0.2, -0.15) is 0 Å². The molecule has 0 unspecified atom stereocenters. The van der Waals surface area contributed by atoms with E-state index in [2.05, 4.69) is 61.1 Å². The monoisotopic (exact) mass is 360 g/mol. The van der Waals surface area contributed by atoms with Crippen LogP contribution in [0.4, 0.5) is 0 Å². The van der Waals surface area contributed by atoms with Gasteiger partial charge in [0.2, 0.25) is 0 Å². The summed E-state index contributed by atoms with van der Waals surface area (Å²) >= 11 is 12.7. The Bertz CT molecular complexity index is 839. The van der Waals surface area contributed by atoms with Crippen molar-refractivity contribution in [3.63, 3.8) is 0 Å². The summed E-state index contributed by atoms with van der Waals surface area (Å²) in [5.41, 5.74) is 3.51. The fourth-order valence-corrected chi connectivity index (χ4v) is 3.33. The number of nitrogens with zero attached hydrogens (tertiary/aromatic N) is 1. The van der Waals surface area contributed by atoms with Crippen LogP contribution in [0.1, 0.15) is 31.9 Å². The Hall–Kier alpha value is -1.48. The largest absolute Gasteiger partial charge is 0.343 e. The van der Waals surface area contributed by atoms with Gasteiger partial charge in [0.05, 0.1) is 6.54 Å². The number of halogens is 2. The Morgan fingerprint density at radius 3 is 2.29 bits per heavy atom. The molecule has 0 spiro atoms. The van der Waals surface area contributed by atoms with Gasteiger partial charge in [0, 0.05) is 44.8 Å². The summed E-state index contributed by atoms with van der Waals surface area (Å²) in [4.78, 5) is 0. The van der Waals surface area contributed by atoms with E-state index in [1.165, 1.54) is 16.5 Å². The summed E-state index contributed by atoms with van der Waals surface area (Å²) in [6.07, 6.45) is 2.20. The number of nitrogens with one attached hydrogen (secondary N) is 1. The van der Waals surface area contributed by atoms with Gasteiger partial charge in [0.15, 0.2) is 0 Å². The summed E-state index contributed by atoms with van der Waals surface area (Å²) in [6.45, 7) is 8.02. The average Bonchev–Trinajstić information content (AvgIpc) is 2.87. The molecule has 3 rings (SSSR count). The summed E-state index contributed by atoms with van der Waals surface area (Å²) in [7, 11) is 0. The van der Waals surface area contributed by atoms with Crippen molar-refractivity contribution in [2.24, 2.45) is 0 Å². The molecule has 0 saturated heterocycles. The molecule has 0 aliphatic carbocycles. The van der Waals surface area contributed by atoms with E-state index < -0.39 is 0 Å². The van der Waals surface area contributed by atoms with Crippen LogP contribution in [0.3, 0.4) is 0 Å². The average molecular weight is 361 g/mol. The molecule has 126 valence electrons. The number of benzene rings is 2. The Kier molecular flexibility index (Phi) is 4.91. The molecule has 0 fully saturated rings. The quantitative estimate of drug-likeness (QED) is 0.614. The summed E-state index contributed by atoms with van der Waals surface area (Å²) in [5.74, 6) is 0. The maximum atomic E-state index is 6.35. The molecule has 0 saturated carbocycles. The van der Waals surface area contributed by atoms with E-state index in [4.69, 9.17) is 23.2 Å². The van der Waals surface area contributed by atoms with Crippen LogP contribution in [0.2, 0.25) is 10.0 Å². The molecule has 4 heteroatoms. The van der Waals surface area contributed by atoms with Gasteiger partial charge in [0.1, 0.15) is 0 Å². The molecular weight excluding hydrogens is 339 g/mol. The van der Waals surface area contributed by atoms with E-state index in [0.717, 1.165) is 12.1 Å². The molecule has 0 amide bonds. The Morgan fingerprint density at radius 1 is 0.958 bits per heavy atom. The maximum Gasteiger partial charge on any atom is 0.0505 e. The predicted octanol–water partition coefficient (Wildman–Crippen LogP) is 5.88. The zero-order valence-electron chi connectivity index (χ0n) is 14.2. The third-order valence-electron chi connectivity index (χ3n) is 4.07. The molecule has 0 aliphatic heterocycles. The van der Waals surface area contributed by atoms with Gasteiger partial charge in [-0.25, -0.2) is 0 Å². The van der Waals surface area contributed by atoms with E-state index in [9.17, 15) is 0 Å². The molecule has 2 aromatic carbocycles. The Morgan fingerprint density at radius 2 is 1.62 bits per heavy atom. The first-order valence-corrected chi connectivity index (χ1v) is 8.85. The van der Waals surface area contributed by atoms with Crippen LogP contribution in [0, 0.1) is 0 Å². The van der Waals surface area contributed by atoms with Crippen LogP contribution >= 0.6 is 23.2 Å². The number of hydrogen-bond acceptors (Lipinski definition) is 1. The van der Waals surface area contributed by atoms with Crippen molar-refractivity contribution in [3.8, 4) is 0 Å². The number of para-hydroxylation sites is 1. The molecule has 1 heterocycles. The van der Waals surface area contributed by atoms with Crippen molar-refractivity contribution < 1.29 is 0 Å². The van der Waals surface area contributed by atoms with Gasteiger partial charge in [-0.1, -0.05) is 47.5 Å². The fourth-order valence-electron chi connectivity index (χ4n) is 2.81. The first-order valence-electron chi connectivity index (χ1n) is 8.10. The lowest BCUT2D eigenvalue weighted by molar-refractivity contribution is 0.425. The third kappa shape index (κ3) is 3.77. The minimum Gasteiger partial charge on any atom is -0.343 e. The minimum absolute atomic E-state index is 0.0786. The van der Waals surface area contributed by atoms with E-state index in [1.807, 2.05) is 18.2 Å². The van der Waals surface area contributed by atoms with Crippen molar-refractivity contribution in [1.29, 1.82) is 0 Å². The van der Waals surface area contributed by atoms with Crippen molar-refractivity contribution in [3.05, 3.63) is 69.8 Å². The first kappa shape index (κ1) is 17.3. The molecule has 3 aromatic rings. The summed E-state index contributed by atoms with van der Waals surface area (Å²) in [6, 6.07) is 14.1. The van der Waals surface area contributed by atoms with Crippen LogP contribution in [-0.2, 0) is 13.1 Å². The third-order valence-corrected chi connectivity index (χ3v) is 4.78. The maximum absolute atomic E-state index is 6.35. The molecule has 24 heavy (non-hydrogen) atoms. The molecule has 0 bridgehead atoms. The molecule has 2 nitrogen and oxygen atoms in total. The van der Waals surface area contributed by atoms with Crippen molar-refractivity contribution in [1.82, 2.24) is 9.88 Å². The van der Waals surface area contributed by atoms with Gasteiger partial charge in [-0.05, 0) is 44.5 Å². The molecule has 1 N–H and O–H groups in total. The van der Waals surface area contributed by atoms with Crippen molar-refractivity contribution in [2.45, 2.75) is 39.4 Å². The minimum atomic E-state index is 0.0786. The first-order chi connectivity index (χ1) is 11.3. The second kappa shape index (κ2) is 6.79. The predicted molar refractivity (Wildman–Crippen MR) is 104 cm³/mol. The zero-order valence-corrected chi connectivity index (χ0v) is 15.7.